The van der Waals surface area contributed by atoms with E-state index in [1.807, 2.05) is 11.8 Å². The molecule has 0 aromatic rings. The van der Waals surface area contributed by atoms with E-state index in [1.54, 1.807) is 4.90 Å². The summed E-state index contributed by atoms with van der Waals surface area (Å²) in [6.45, 7) is 2.73. The molecule has 3 amide bonds. The van der Waals surface area contributed by atoms with Gasteiger partial charge in [-0.3, -0.25) is 14.9 Å². The van der Waals surface area contributed by atoms with Crippen LogP contribution in [0.1, 0.15) is 45.4 Å². The lowest BCUT2D eigenvalue weighted by Gasteiger charge is -2.43. The van der Waals surface area contributed by atoms with Crippen LogP contribution in [0.2, 0.25) is 0 Å². The zero-order valence-corrected chi connectivity index (χ0v) is 13.3. The monoisotopic (exact) mass is 310 g/mol. The van der Waals surface area contributed by atoms with Crippen molar-refractivity contribution >= 4 is 29.5 Å². The van der Waals surface area contributed by atoms with Crippen LogP contribution >= 0.6 is 11.8 Å². The van der Waals surface area contributed by atoms with Crippen LogP contribution in [-0.4, -0.2) is 46.2 Å². The molecule has 2 heterocycles. The van der Waals surface area contributed by atoms with E-state index in [4.69, 9.17) is 0 Å². The number of nitrogens with one attached hydrogen (secondary N) is 1. The third kappa shape index (κ3) is 2.58. The first-order valence-electron chi connectivity index (χ1n) is 7.68. The van der Waals surface area contributed by atoms with E-state index in [1.165, 1.54) is 0 Å². The number of hydrogen-bond donors (Lipinski definition) is 1. The molecule has 2 saturated heterocycles. The smallest absolute Gasteiger partial charge is 0.309 e. The van der Waals surface area contributed by atoms with Crippen LogP contribution in [0.15, 0.2) is 0 Å². The lowest BCUT2D eigenvalue weighted by Crippen LogP contribution is -2.55. The molecule has 2 aliphatic heterocycles. The Balaban J connectivity index is 1.80. The summed E-state index contributed by atoms with van der Waals surface area (Å²) in [5.74, 6) is 2.04. The SMILES string of the molecule is CC1(CN2C(=O)NC(=O)C23CCSCC3)CCC(=O)CC1. The van der Waals surface area contributed by atoms with E-state index in [0.29, 0.717) is 25.2 Å². The van der Waals surface area contributed by atoms with Crippen LogP contribution in [0.25, 0.3) is 0 Å². The Morgan fingerprint density at radius 2 is 1.71 bits per heavy atom. The number of nitrogens with zero attached hydrogens (tertiary/aromatic N) is 1. The van der Waals surface area contributed by atoms with Crippen molar-refractivity contribution in [1.29, 1.82) is 0 Å². The van der Waals surface area contributed by atoms with Gasteiger partial charge < -0.3 is 4.90 Å². The summed E-state index contributed by atoms with van der Waals surface area (Å²) in [6, 6.07) is -0.245. The van der Waals surface area contributed by atoms with Crippen LogP contribution in [-0.2, 0) is 9.59 Å². The van der Waals surface area contributed by atoms with Gasteiger partial charge in [0.2, 0.25) is 0 Å². The molecule has 5 nitrogen and oxygen atoms in total. The Hall–Kier alpha value is -1.04. The van der Waals surface area contributed by atoms with Gasteiger partial charge in [-0.2, -0.15) is 11.8 Å². The lowest BCUT2D eigenvalue weighted by molar-refractivity contribution is -0.128. The van der Waals surface area contributed by atoms with Gasteiger partial charge in [-0.05, 0) is 42.6 Å². The fourth-order valence-corrected chi connectivity index (χ4v) is 4.87. The highest BCUT2D eigenvalue weighted by atomic mass is 32.2. The van der Waals surface area contributed by atoms with Crippen molar-refractivity contribution in [3.05, 3.63) is 0 Å². The number of urea groups is 1. The van der Waals surface area contributed by atoms with Crippen molar-refractivity contribution in [3.63, 3.8) is 0 Å². The predicted octanol–water partition coefficient (Wildman–Crippen LogP) is 1.95. The zero-order valence-electron chi connectivity index (χ0n) is 12.4. The number of hydrogen-bond acceptors (Lipinski definition) is 4. The second kappa shape index (κ2) is 5.30. The van der Waals surface area contributed by atoms with Crippen molar-refractivity contribution in [1.82, 2.24) is 10.2 Å². The van der Waals surface area contributed by atoms with Crippen LogP contribution in [0.5, 0.6) is 0 Å². The average Bonchev–Trinajstić information content (AvgIpc) is 2.68. The first-order chi connectivity index (χ1) is 9.95. The summed E-state index contributed by atoms with van der Waals surface area (Å²) in [5.41, 5.74) is -0.680. The lowest BCUT2D eigenvalue weighted by atomic mass is 9.74. The van der Waals surface area contributed by atoms with E-state index in [2.05, 4.69) is 12.2 Å². The minimum Gasteiger partial charge on any atom is -0.309 e. The zero-order chi connectivity index (χ0) is 15.1. The van der Waals surface area contributed by atoms with Gasteiger partial charge in [0.1, 0.15) is 11.3 Å². The molecule has 1 aliphatic carbocycles. The van der Waals surface area contributed by atoms with Crippen molar-refractivity contribution in [2.75, 3.05) is 18.1 Å². The number of rotatable bonds is 2. The predicted molar refractivity (Wildman–Crippen MR) is 81.1 cm³/mol. The van der Waals surface area contributed by atoms with Gasteiger partial charge in [0.15, 0.2) is 0 Å². The standard InChI is InChI=1S/C15H22N2O3S/c1-14(4-2-11(18)3-5-14)10-17-13(20)16-12(19)15(17)6-8-21-9-7-15/h2-10H2,1H3,(H,16,19,20). The summed E-state index contributed by atoms with van der Waals surface area (Å²) < 4.78 is 0. The Morgan fingerprint density at radius 3 is 2.33 bits per heavy atom. The first-order valence-corrected chi connectivity index (χ1v) is 8.83. The molecule has 21 heavy (non-hydrogen) atoms. The maximum atomic E-state index is 12.3. The van der Waals surface area contributed by atoms with Gasteiger partial charge >= 0.3 is 6.03 Å². The molecule has 6 heteroatoms. The molecule has 3 rings (SSSR count). The van der Waals surface area contributed by atoms with Gasteiger partial charge in [-0.25, -0.2) is 4.79 Å². The van der Waals surface area contributed by atoms with Gasteiger partial charge in [0.05, 0.1) is 0 Å². The summed E-state index contributed by atoms with van der Waals surface area (Å²) in [7, 11) is 0. The molecule has 116 valence electrons. The number of carbonyl (C=O) groups excluding carboxylic acids is 3. The van der Waals surface area contributed by atoms with E-state index >= 15 is 0 Å². The quantitative estimate of drug-likeness (QED) is 0.792. The number of amides is 3. The van der Waals surface area contributed by atoms with Crippen LogP contribution < -0.4 is 5.32 Å². The first kappa shape index (κ1) is 14.9. The second-order valence-electron chi connectivity index (χ2n) is 6.84. The van der Waals surface area contributed by atoms with Crippen LogP contribution in [0.4, 0.5) is 4.79 Å². The number of imide groups is 1. The largest absolute Gasteiger partial charge is 0.325 e. The molecule has 0 radical (unpaired) electrons. The third-order valence-corrected chi connectivity index (χ3v) is 6.27. The van der Waals surface area contributed by atoms with E-state index in [0.717, 1.165) is 37.2 Å². The number of thioether (sulfide) groups is 1. The molecule has 0 aromatic carbocycles. The molecular weight excluding hydrogens is 288 g/mol. The number of Topliss-reactive ketones (excluding diaryl/α,β-unsaturated/α-hetero) is 1. The molecule has 1 saturated carbocycles. The Kier molecular flexibility index (Phi) is 3.76. The van der Waals surface area contributed by atoms with E-state index in [-0.39, 0.29) is 17.4 Å². The van der Waals surface area contributed by atoms with Gasteiger partial charge in [-0.1, -0.05) is 6.92 Å². The molecular formula is C15H22N2O3S. The average molecular weight is 310 g/mol. The van der Waals surface area contributed by atoms with Gasteiger partial charge in [0, 0.05) is 19.4 Å². The van der Waals surface area contributed by atoms with E-state index < -0.39 is 5.54 Å². The highest BCUT2D eigenvalue weighted by Crippen LogP contribution is 2.41. The van der Waals surface area contributed by atoms with Crippen molar-refractivity contribution in [2.45, 2.75) is 51.0 Å². The van der Waals surface area contributed by atoms with Gasteiger partial charge in [-0.15, -0.1) is 0 Å². The minimum atomic E-state index is -0.632. The molecule has 1 N–H and O–H groups in total. The summed E-state index contributed by atoms with van der Waals surface area (Å²) in [6.07, 6.45) is 4.31. The third-order valence-electron chi connectivity index (χ3n) is 5.28. The fourth-order valence-electron chi connectivity index (χ4n) is 3.70. The Labute approximate surface area is 129 Å². The number of ketones is 1. The van der Waals surface area contributed by atoms with Crippen molar-refractivity contribution in [2.24, 2.45) is 5.41 Å². The molecule has 0 bridgehead atoms. The summed E-state index contributed by atoms with van der Waals surface area (Å²) >= 11 is 1.84. The molecule has 1 spiro atoms. The molecule has 3 aliphatic rings. The highest BCUT2D eigenvalue weighted by molar-refractivity contribution is 7.99. The van der Waals surface area contributed by atoms with Crippen LogP contribution in [0, 0.1) is 5.41 Å². The number of carbonyl (C=O) groups is 3. The second-order valence-corrected chi connectivity index (χ2v) is 8.06. The van der Waals surface area contributed by atoms with Crippen molar-refractivity contribution < 1.29 is 14.4 Å². The summed E-state index contributed by atoms with van der Waals surface area (Å²) in [4.78, 5) is 37.8. The van der Waals surface area contributed by atoms with E-state index in [9.17, 15) is 14.4 Å². The molecule has 0 aromatic heterocycles. The maximum Gasteiger partial charge on any atom is 0.325 e. The minimum absolute atomic E-state index is 0.0482. The van der Waals surface area contributed by atoms with Crippen LogP contribution in [0.3, 0.4) is 0 Å². The highest BCUT2D eigenvalue weighted by Gasteiger charge is 2.54. The summed E-state index contributed by atoms with van der Waals surface area (Å²) in [5, 5.41) is 2.51. The topological polar surface area (TPSA) is 66.5 Å². The Morgan fingerprint density at radius 1 is 1.10 bits per heavy atom. The molecule has 0 atom stereocenters. The van der Waals surface area contributed by atoms with Gasteiger partial charge in [0.25, 0.3) is 5.91 Å². The molecule has 3 fully saturated rings. The molecule has 0 unspecified atom stereocenters. The normalized spacial score (nSPS) is 28.0. The maximum absolute atomic E-state index is 12.3. The fraction of sp³-hybridized carbons (Fsp3) is 0.800. The van der Waals surface area contributed by atoms with Crippen molar-refractivity contribution in [3.8, 4) is 0 Å². The Bertz CT molecular complexity index is 475.